The molecule has 3 N–H and O–H groups in total. The Kier molecular flexibility index (Phi) is 4.38. The summed E-state index contributed by atoms with van der Waals surface area (Å²) < 4.78 is 0. The van der Waals surface area contributed by atoms with Gasteiger partial charge in [0.1, 0.15) is 0 Å². The summed E-state index contributed by atoms with van der Waals surface area (Å²) in [4.78, 5) is 0. The maximum atomic E-state index is 3.89. The molecule has 0 spiro atoms. The number of piperidine rings is 1. The van der Waals surface area contributed by atoms with Crippen LogP contribution >= 0.6 is 0 Å². The molecule has 0 bridgehead atoms. The minimum absolute atomic E-state index is 0.528. The molecule has 23 heavy (non-hydrogen) atoms. The number of rotatable bonds is 3. The first-order valence-electron chi connectivity index (χ1n) is 9.04. The van der Waals surface area contributed by atoms with Gasteiger partial charge in [0.2, 0.25) is 0 Å². The molecule has 0 amide bonds. The molecular weight excluding hydrogens is 282 g/mol. The topological polar surface area (TPSA) is 36.1 Å². The number of hydrogen-bond donors (Lipinski definition) is 3. The van der Waals surface area contributed by atoms with E-state index in [1.807, 2.05) is 0 Å². The van der Waals surface area contributed by atoms with Crippen LogP contribution in [0.15, 0.2) is 60.0 Å². The zero-order valence-electron chi connectivity index (χ0n) is 13.7. The van der Waals surface area contributed by atoms with Gasteiger partial charge in [0.25, 0.3) is 0 Å². The first-order chi connectivity index (χ1) is 11.4. The van der Waals surface area contributed by atoms with Crippen molar-refractivity contribution in [3.63, 3.8) is 0 Å². The van der Waals surface area contributed by atoms with Gasteiger partial charge in [-0.15, -0.1) is 0 Å². The van der Waals surface area contributed by atoms with E-state index in [0.717, 1.165) is 26.1 Å². The zero-order chi connectivity index (χ0) is 15.5. The van der Waals surface area contributed by atoms with Gasteiger partial charge in [0.05, 0.1) is 0 Å². The van der Waals surface area contributed by atoms with Gasteiger partial charge in [-0.3, -0.25) is 0 Å². The Hall–Kier alpha value is -1.74. The Morgan fingerprint density at radius 1 is 1.09 bits per heavy atom. The first-order valence-corrected chi connectivity index (χ1v) is 9.04. The van der Waals surface area contributed by atoms with Crippen molar-refractivity contribution in [2.45, 2.75) is 25.3 Å². The van der Waals surface area contributed by atoms with E-state index in [0.29, 0.717) is 23.8 Å². The molecule has 4 rings (SSSR count). The molecule has 3 nitrogen and oxygen atoms in total. The highest BCUT2D eigenvalue weighted by atomic mass is 15.0. The van der Waals surface area contributed by atoms with Gasteiger partial charge in [-0.25, -0.2) is 0 Å². The summed E-state index contributed by atoms with van der Waals surface area (Å²) >= 11 is 0. The molecule has 0 saturated carbocycles. The summed E-state index contributed by atoms with van der Waals surface area (Å²) in [7, 11) is 0. The Morgan fingerprint density at radius 3 is 2.83 bits per heavy atom. The average molecular weight is 309 g/mol. The second-order valence-corrected chi connectivity index (χ2v) is 7.04. The maximum absolute atomic E-state index is 3.89. The van der Waals surface area contributed by atoms with E-state index in [2.05, 4.69) is 64.7 Å². The molecule has 0 aromatic carbocycles. The third kappa shape index (κ3) is 3.30. The van der Waals surface area contributed by atoms with Gasteiger partial charge in [0, 0.05) is 36.0 Å². The minimum atomic E-state index is 0.528. The highest BCUT2D eigenvalue weighted by Crippen LogP contribution is 2.35. The Morgan fingerprint density at radius 2 is 2.00 bits per heavy atom. The lowest BCUT2D eigenvalue weighted by atomic mass is 9.77. The van der Waals surface area contributed by atoms with Crippen molar-refractivity contribution in [1.29, 1.82) is 0 Å². The van der Waals surface area contributed by atoms with Crippen molar-refractivity contribution in [2.24, 2.45) is 17.8 Å². The van der Waals surface area contributed by atoms with Crippen LogP contribution in [0.5, 0.6) is 0 Å². The lowest BCUT2D eigenvalue weighted by Crippen LogP contribution is -2.44. The van der Waals surface area contributed by atoms with Crippen molar-refractivity contribution in [3.05, 3.63) is 60.0 Å². The second-order valence-electron chi connectivity index (χ2n) is 7.04. The van der Waals surface area contributed by atoms with E-state index in [-0.39, 0.29) is 0 Å². The van der Waals surface area contributed by atoms with E-state index in [1.165, 1.54) is 24.1 Å². The van der Waals surface area contributed by atoms with Crippen molar-refractivity contribution in [1.82, 2.24) is 16.0 Å². The van der Waals surface area contributed by atoms with Crippen molar-refractivity contribution in [2.75, 3.05) is 19.6 Å². The predicted octanol–water partition coefficient (Wildman–Crippen LogP) is 2.63. The molecule has 4 aliphatic rings. The van der Waals surface area contributed by atoms with Crippen LogP contribution in [0.4, 0.5) is 0 Å². The molecule has 2 aliphatic carbocycles. The normalized spacial score (nSPS) is 33.5. The van der Waals surface area contributed by atoms with Crippen LogP contribution < -0.4 is 16.0 Å². The zero-order valence-corrected chi connectivity index (χ0v) is 13.7. The van der Waals surface area contributed by atoms with Crippen LogP contribution in [-0.4, -0.2) is 25.7 Å². The van der Waals surface area contributed by atoms with Crippen LogP contribution in [-0.2, 0) is 0 Å². The molecule has 0 radical (unpaired) electrons. The summed E-state index contributed by atoms with van der Waals surface area (Å²) in [6.45, 7) is 3.31. The van der Waals surface area contributed by atoms with Crippen molar-refractivity contribution >= 4 is 0 Å². The molecule has 1 fully saturated rings. The number of fused-ring (bicyclic) bond motifs is 1. The molecule has 2 heterocycles. The molecule has 122 valence electrons. The fraction of sp³-hybridized carbons (Fsp3) is 0.500. The van der Waals surface area contributed by atoms with Crippen molar-refractivity contribution in [3.8, 4) is 0 Å². The highest BCUT2D eigenvalue weighted by Gasteiger charge is 2.30. The third-order valence-electron chi connectivity index (χ3n) is 5.46. The number of hydrogen-bond acceptors (Lipinski definition) is 3. The van der Waals surface area contributed by atoms with Gasteiger partial charge >= 0.3 is 0 Å². The van der Waals surface area contributed by atoms with Gasteiger partial charge in [-0.2, -0.15) is 0 Å². The molecule has 3 atom stereocenters. The lowest BCUT2D eigenvalue weighted by Gasteiger charge is -2.37. The first kappa shape index (κ1) is 14.8. The number of allylic oxidation sites excluding steroid dienone is 8. The van der Waals surface area contributed by atoms with Gasteiger partial charge < -0.3 is 16.0 Å². The van der Waals surface area contributed by atoms with Crippen LogP contribution in [0.2, 0.25) is 0 Å². The van der Waals surface area contributed by atoms with Crippen LogP contribution in [0.25, 0.3) is 0 Å². The smallest absolute Gasteiger partial charge is 0.0282 e. The molecule has 1 saturated heterocycles. The molecule has 0 aromatic rings. The van der Waals surface area contributed by atoms with Crippen LogP contribution in [0.3, 0.4) is 0 Å². The van der Waals surface area contributed by atoms with E-state index in [9.17, 15) is 0 Å². The minimum Gasteiger partial charge on any atom is -0.390 e. The maximum Gasteiger partial charge on any atom is 0.0282 e. The van der Waals surface area contributed by atoms with Crippen molar-refractivity contribution < 1.29 is 0 Å². The van der Waals surface area contributed by atoms with E-state index >= 15 is 0 Å². The van der Waals surface area contributed by atoms with Gasteiger partial charge in [-0.05, 0) is 50.2 Å². The van der Waals surface area contributed by atoms with E-state index in [4.69, 9.17) is 0 Å². The quantitative estimate of drug-likeness (QED) is 0.750. The molecule has 3 heteroatoms. The Labute approximate surface area is 139 Å². The molecule has 3 unspecified atom stereocenters. The van der Waals surface area contributed by atoms with Gasteiger partial charge in [-0.1, -0.05) is 36.5 Å². The Balaban J connectivity index is 1.57. The summed E-state index contributed by atoms with van der Waals surface area (Å²) in [5.74, 6) is 1.62. The summed E-state index contributed by atoms with van der Waals surface area (Å²) in [5, 5.41) is 10.8. The fourth-order valence-electron chi connectivity index (χ4n) is 4.10. The standard InChI is InChI=1S/C20H27N3/c1-2-4-15(5-3-1)17-12-16-6-9-22-14-19(16)20(13-17)23-18-7-10-21-11-8-18/h1-4,6,9,12-13,15-16,18-19,21-23H,5,7-8,10-11,14H2. The fourth-order valence-corrected chi connectivity index (χ4v) is 4.10. The summed E-state index contributed by atoms with van der Waals surface area (Å²) in [5.41, 5.74) is 2.93. The molecular formula is C20H27N3. The third-order valence-corrected chi connectivity index (χ3v) is 5.46. The largest absolute Gasteiger partial charge is 0.390 e. The highest BCUT2D eigenvalue weighted by molar-refractivity contribution is 5.39. The van der Waals surface area contributed by atoms with Gasteiger partial charge in [0.15, 0.2) is 0 Å². The average Bonchev–Trinajstić information content (AvgIpc) is 2.63. The molecule has 2 aliphatic heterocycles. The summed E-state index contributed by atoms with van der Waals surface area (Å²) in [6.07, 6.45) is 21.9. The lowest BCUT2D eigenvalue weighted by molar-refractivity contribution is 0.369. The Bertz CT molecular complexity index is 576. The second kappa shape index (κ2) is 6.79. The predicted molar refractivity (Wildman–Crippen MR) is 95.7 cm³/mol. The van der Waals surface area contributed by atoms with E-state index < -0.39 is 0 Å². The van der Waals surface area contributed by atoms with Crippen LogP contribution in [0.1, 0.15) is 19.3 Å². The SMILES string of the molecule is C1=CCC(C2=CC3C=CNCC3C(NC3CCNCC3)=C2)C=C1. The van der Waals surface area contributed by atoms with E-state index in [1.54, 1.807) is 0 Å². The number of nitrogens with one attached hydrogen (secondary N) is 3. The summed E-state index contributed by atoms with van der Waals surface area (Å²) in [6, 6.07) is 0.621. The monoisotopic (exact) mass is 309 g/mol. The molecule has 0 aromatic heterocycles. The van der Waals surface area contributed by atoms with Crippen LogP contribution in [0, 0.1) is 17.8 Å².